The Hall–Kier alpha value is -0.900. The predicted molar refractivity (Wildman–Crippen MR) is 71.8 cm³/mol. The third-order valence-corrected chi connectivity index (χ3v) is 4.62. The van der Waals surface area contributed by atoms with Crippen molar-refractivity contribution in [3.05, 3.63) is 11.7 Å². The number of hydrogen-bond donors (Lipinski definition) is 0. The standard InChI is InChI=1S/C15H24N2O2/c1-15(2)8-6-11(7-9-15)13-16-14(19-17-13)12-5-3-4-10-18-12/h11-12H,3-10H2,1-2H3. The minimum absolute atomic E-state index is 0.0371. The number of hydrogen-bond acceptors (Lipinski definition) is 4. The fraction of sp³-hybridized carbons (Fsp3) is 0.867. The summed E-state index contributed by atoms with van der Waals surface area (Å²) in [6.45, 7) is 5.52. The van der Waals surface area contributed by atoms with Crippen LogP contribution in [0.5, 0.6) is 0 Å². The van der Waals surface area contributed by atoms with Crippen LogP contribution in [0.25, 0.3) is 0 Å². The molecule has 106 valence electrons. The summed E-state index contributed by atoms with van der Waals surface area (Å²) in [5, 5.41) is 4.20. The third kappa shape index (κ3) is 2.99. The lowest BCUT2D eigenvalue weighted by Crippen LogP contribution is -2.20. The lowest BCUT2D eigenvalue weighted by atomic mass is 9.73. The Balaban J connectivity index is 1.64. The average Bonchev–Trinajstić information content (AvgIpc) is 2.89. The molecule has 1 aromatic heterocycles. The molecule has 4 nitrogen and oxygen atoms in total. The van der Waals surface area contributed by atoms with Crippen LogP contribution in [-0.4, -0.2) is 16.7 Å². The van der Waals surface area contributed by atoms with Crippen LogP contribution in [0.2, 0.25) is 0 Å². The van der Waals surface area contributed by atoms with Crippen molar-refractivity contribution in [1.29, 1.82) is 0 Å². The molecule has 2 heterocycles. The molecular weight excluding hydrogens is 240 g/mol. The second-order valence-electron chi connectivity index (χ2n) is 6.78. The topological polar surface area (TPSA) is 48.2 Å². The van der Waals surface area contributed by atoms with Crippen molar-refractivity contribution >= 4 is 0 Å². The summed E-state index contributed by atoms with van der Waals surface area (Å²) in [5.41, 5.74) is 0.482. The van der Waals surface area contributed by atoms with E-state index in [1.165, 1.54) is 32.1 Å². The third-order valence-electron chi connectivity index (χ3n) is 4.62. The molecule has 0 radical (unpaired) electrons. The van der Waals surface area contributed by atoms with E-state index in [9.17, 15) is 0 Å². The van der Waals surface area contributed by atoms with Crippen LogP contribution in [0, 0.1) is 5.41 Å². The highest BCUT2D eigenvalue weighted by molar-refractivity contribution is 5.00. The van der Waals surface area contributed by atoms with E-state index in [1.807, 2.05) is 0 Å². The van der Waals surface area contributed by atoms with E-state index in [0.29, 0.717) is 17.2 Å². The molecule has 0 amide bonds. The van der Waals surface area contributed by atoms with Crippen molar-refractivity contribution in [1.82, 2.24) is 10.1 Å². The maximum atomic E-state index is 5.70. The Morgan fingerprint density at radius 2 is 1.89 bits per heavy atom. The lowest BCUT2D eigenvalue weighted by molar-refractivity contribution is -0.00459. The maximum absolute atomic E-state index is 5.70. The van der Waals surface area contributed by atoms with Crippen molar-refractivity contribution in [2.75, 3.05) is 6.61 Å². The van der Waals surface area contributed by atoms with Gasteiger partial charge in [0.05, 0.1) is 0 Å². The van der Waals surface area contributed by atoms with Gasteiger partial charge in [-0.25, -0.2) is 0 Å². The molecule has 1 aromatic rings. The average molecular weight is 264 g/mol. The van der Waals surface area contributed by atoms with E-state index in [-0.39, 0.29) is 6.10 Å². The van der Waals surface area contributed by atoms with Crippen LogP contribution in [-0.2, 0) is 4.74 Å². The monoisotopic (exact) mass is 264 g/mol. The molecule has 0 bridgehead atoms. The van der Waals surface area contributed by atoms with Gasteiger partial charge >= 0.3 is 0 Å². The van der Waals surface area contributed by atoms with E-state index in [0.717, 1.165) is 25.3 Å². The lowest BCUT2D eigenvalue weighted by Gasteiger charge is -2.32. The first kappa shape index (κ1) is 13.1. The van der Waals surface area contributed by atoms with E-state index in [2.05, 4.69) is 24.0 Å². The van der Waals surface area contributed by atoms with Crippen LogP contribution in [0.15, 0.2) is 4.52 Å². The molecule has 1 aliphatic carbocycles. The van der Waals surface area contributed by atoms with Gasteiger partial charge in [0, 0.05) is 12.5 Å². The van der Waals surface area contributed by atoms with Gasteiger partial charge in [-0.1, -0.05) is 19.0 Å². The molecule has 0 spiro atoms. The van der Waals surface area contributed by atoms with E-state index >= 15 is 0 Å². The Labute approximate surface area is 114 Å². The largest absolute Gasteiger partial charge is 0.368 e. The molecule has 2 aliphatic rings. The number of nitrogens with zero attached hydrogens (tertiary/aromatic N) is 2. The molecule has 0 N–H and O–H groups in total. The van der Waals surface area contributed by atoms with Gasteiger partial charge < -0.3 is 9.26 Å². The molecule has 1 unspecified atom stereocenters. The van der Waals surface area contributed by atoms with Crippen molar-refractivity contribution < 1.29 is 9.26 Å². The molecule has 2 fully saturated rings. The zero-order valence-corrected chi connectivity index (χ0v) is 12.0. The summed E-state index contributed by atoms with van der Waals surface area (Å²) >= 11 is 0. The van der Waals surface area contributed by atoms with Crippen LogP contribution in [0.1, 0.15) is 82.5 Å². The molecule has 1 saturated heterocycles. The van der Waals surface area contributed by atoms with Gasteiger partial charge in [-0.3, -0.25) is 0 Å². The Morgan fingerprint density at radius 3 is 2.58 bits per heavy atom. The fourth-order valence-corrected chi connectivity index (χ4v) is 3.14. The molecular formula is C15H24N2O2. The molecule has 0 aromatic carbocycles. The summed E-state index contributed by atoms with van der Waals surface area (Å²) in [5.74, 6) is 2.08. The van der Waals surface area contributed by atoms with Gasteiger partial charge in [0.25, 0.3) is 5.89 Å². The number of aromatic nitrogens is 2. The number of rotatable bonds is 2. The minimum Gasteiger partial charge on any atom is -0.368 e. The minimum atomic E-state index is 0.0371. The van der Waals surface area contributed by atoms with Gasteiger partial charge in [-0.15, -0.1) is 0 Å². The summed E-state index contributed by atoms with van der Waals surface area (Å²) in [6.07, 6.45) is 8.25. The SMILES string of the molecule is CC1(C)CCC(c2noc(C3CCCCO3)n2)CC1. The summed E-state index contributed by atoms with van der Waals surface area (Å²) in [6, 6.07) is 0. The van der Waals surface area contributed by atoms with E-state index in [1.54, 1.807) is 0 Å². The van der Waals surface area contributed by atoms with Crippen molar-refractivity contribution in [3.63, 3.8) is 0 Å². The van der Waals surface area contributed by atoms with E-state index < -0.39 is 0 Å². The van der Waals surface area contributed by atoms with Gasteiger partial charge in [0.1, 0.15) is 6.10 Å². The highest BCUT2D eigenvalue weighted by atomic mass is 16.5. The molecule has 1 saturated carbocycles. The number of ether oxygens (including phenoxy) is 1. The Bertz CT molecular complexity index is 412. The van der Waals surface area contributed by atoms with Crippen molar-refractivity contribution in [2.24, 2.45) is 5.41 Å². The summed E-state index contributed by atoms with van der Waals surface area (Å²) in [4.78, 5) is 4.60. The first-order valence-electron chi connectivity index (χ1n) is 7.59. The maximum Gasteiger partial charge on any atom is 0.255 e. The fourth-order valence-electron chi connectivity index (χ4n) is 3.14. The van der Waals surface area contributed by atoms with Crippen LogP contribution in [0.3, 0.4) is 0 Å². The second kappa shape index (κ2) is 5.23. The molecule has 4 heteroatoms. The molecule has 1 aliphatic heterocycles. The van der Waals surface area contributed by atoms with E-state index in [4.69, 9.17) is 9.26 Å². The Morgan fingerprint density at radius 1 is 1.11 bits per heavy atom. The predicted octanol–water partition coefficient (Wildman–Crippen LogP) is 4.00. The molecule has 19 heavy (non-hydrogen) atoms. The summed E-state index contributed by atoms with van der Waals surface area (Å²) < 4.78 is 11.1. The summed E-state index contributed by atoms with van der Waals surface area (Å²) in [7, 11) is 0. The van der Waals surface area contributed by atoms with Crippen LogP contribution < -0.4 is 0 Å². The first-order chi connectivity index (χ1) is 9.14. The first-order valence-corrected chi connectivity index (χ1v) is 7.59. The zero-order chi connectivity index (χ0) is 13.3. The van der Waals surface area contributed by atoms with Crippen LogP contribution >= 0.6 is 0 Å². The van der Waals surface area contributed by atoms with Gasteiger partial charge in [-0.05, 0) is 50.4 Å². The normalized spacial score (nSPS) is 28.4. The van der Waals surface area contributed by atoms with Gasteiger partial charge in [-0.2, -0.15) is 4.98 Å². The highest BCUT2D eigenvalue weighted by Crippen LogP contribution is 2.41. The Kier molecular flexibility index (Phi) is 3.61. The van der Waals surface area contributed by atoms with Gasteiger partial charge in [0.2, 0.25) is 0 Å². The zero-order valence-electron chi connectivity index (χ0n) is 12.0. The highest BCUT2D eigenvalue weighted by Gasteiger charge is 2.31. The van der Waals surface area contributed by atoms with Crippen molar-refractivity contribution in [3.8, 4) is 0 Å². The molecule has 3 rings (SSSR count). The second-order valence-corrected chi connectivity index (χ2v) is 6.78. The van der Waals surface area contributed by atoms with Crippen molar-refractivity contribution in [2.45, 2.75) is 70.8 Å². The van der Waals surface area contributed by atoms with Gasteiger partial charge in [0.15, 0.2) is 5.82 Å². The quantitative estimate of drug-likeness (QED) is 0.810. The molecule has 1 atom stereocenters. The smallest absolute Gasteiger partial charge is 0.255 e. The van der Waals surface area contributed by atoms with Crippen LogP contribution in [0.4, 0.5) is 0 Å².